The highest BCUT2D eigenvalue weighted by atomic mass is 79.9. The Morgan fingerprint density at radius 2 is 2.21 bits per heavy atom. The molecule has 1 amide bonds. The van der Waals surface area contributed by atoms with Crippen molar-refractivity contribution in [2.75, 3.05) is 6.54 Å². The highest BCUT2D eigenvalue weighted by Crippen LogP contribution is 2.25. The molecular formula is C18H20BrN3O2. The van der Waals surface area contributed by atoms with E-state index in [9.17, 15) is 4.79 Å². The fourth-order valence-electron chi connectivity index (χ4n) is 2.99. The van der Waals surface area contributed by atoms with Gasteiger partial charge in [0.05, 0.1) is 5.56 Å². The van der Waals surface area contributed by atoms with E-state index in [1.165, 1.54) is 6.20 Å². The minimum Gasteiger partial charge on any atom is -0.439 e. The molecule has 2 atom stereocenters. The Balaban J connectivity index is 1.62. The van der Waals surface area contributed by atoms with Gasteiger partial charge in [0.25, 0.3) is 5.91 Å². The molecular weight excluding hydrogens is 370 g/mol. The van der Waals surface area contributed by atoms with Gasteiger partial charge in [-0.25, -0.2) is 4.98 Å². The van der Waals surface area contributed by atoms with E-state index in [1.807, 2.05) is 24.3 Å². The number of ether oxygens (including phenoxy) is 1. The molecule has 0 radical (unpaired) electrons. The van der Waals surface area contributed by atoms with Crippen molar-refractivity contribution in [1.82, 2.24) is 10.3 Å². The Kier molecular flexibility index (Phi) is 5.48. The van der Waals surface area contributed by atoms with E-state index in [1.54, 1.807) is 12.1 Å². The number of nitrogens with one attached hydrogen (secondary N) is 1. The topological polar surface area (TPSA) is 77.2 Å². The smallest absolute Gasteiger partial charge is 0.253 e. The van der Waals surface area contributed by atoms with E-state index in [2.05, 4.69) is 26.2 Å². The van der Waals surface area contributed by atoms with Crippen molar-refractivity contribution < 1.29 is 9.53 Å². The second-order valence-electron chi connectivity index (χ2n) is 5.95. The molecule has 5 nitrogen and oxygen atoms in total. The number of hydrogen-bond acceptors (Lipinski definition) is 4. The van der Waals surface area contributed by atoms with Gasteiger partial charge in [0.2, 0.25) is 5.88 Å². The van der Waals surface area contributed by atoms with Crippen LogP contribution < -0.4 is 15.8 Å². The number of nitrogens with two attached hydrogens (primary N) is 1. The van der Waals surface area contributed by atoms with E-state index in [4.69, 9.17) is 10.5 Å². The molecule has 2 unspecified atom stereocenters. The maximum Gasteiger partial charge on any atom is 0.253 e. The van der Waals surface area contributed by atoms with Crippen molar-refractivity contribution in [3.8, 4) is 11.6 Å². The SMILES string of the molecule is NCC1CCCC1NC(=O)c1ccc(Oc2cccc(Br)c2)nc1. The van der Waals surface area contributed by atoms with Gasteiger partial charge in [-0.2, -0.15) is 0 Å². The van der Waals surface area contributed by atoms with Crippen LogP contribution in [0.3, 0.4) is 0 Å². The normalized spacial score (nSPS) is 19.9. The van der Waals surface area contributed by atoms with E-state index >= 15 is 0 Å². The monoisotopic (exact) mass is 389 g/mol. The number of carbonyl (C=O) groups excluding carboxylic acids is 1. The number of amides is 1. The average Bonchev–Trinajstić information content (AvgIpc) is 3.02. The van der Waals surface area contributed by atoms with Crippen molar-refractivity contribution in [2.45, 2.75) is 25.3 Å². The first kappa shape index (κ1) is 16.9. The predicted octanol–water partition coefficient (Wildman–Crippen LogP) is 3.49. The number of carbonyl (C=O) groups is 1. The summed E-state index contributed by atoms with van der Waals surface area (Å²) >= 11 is 3.40. The Labute approximate surface area is 149 Å². The van der Waals surface area contributed by atoms with Gasteiger partial charge >= 0.3 is 0 Å². The largest absolute Gasteiger partial charge is 0.439 e. The van der Waals surface area contributed by atoms with Crippen molar-refractivity contribution in [1.29, 1.82) is 0 Å². The molecule has 3 rings (SSSR count). The molecule has 3 N–H and O–H groups in total. The Morgan fingerprint density at radius 1 is 1.33 bits per heavy atom. The van der Waals surface area contributed by atoms with Crippen LogP contribution in [0.2, 0.25) is 0 Å². The van der Waals surface area contributed by atoms with Crippen LogP contribution in [0.15, 0.2) is 47.1 Å². The molecule has 1 fully saturated rings. The zero-order chi connectivity index (χ0) is 16.9. The highest BCUT2D eigenvalue weighted by Gasteiger charge is 2.27. The summed E-state index contributed by atoms with van der Waals surface area (Å²) in [7, 11) is 0. The molecule has 0 bridgehead atoms. The van der Waals surface area contributed by atoms with Crippen molar-refractivity contribution in [3.63, 3.8) is 0 Å². The molecule has 24 heavy (non-hydrogen) atoms. The van der Waals surface area contributed by atoms with E-state index in [0.29, 0.717) is 29.7 Å². The van der Waals surface area contributed by atoms with Gasteiger partial charge in [-0.05, 0) is 49.6 Å². The third kappa shape index (κ3) is 4.13. The molecule has 1 heterocycles. The van der Waals surface area contributed by atoms with Gasteiger partial charge < -0.3 is 15.8 Å². The number of halogens is 1. The predicted molar refractivity (Wildman–Crippen MR) is 96.1 cm³/mol. The summed E-state index contributed by atoms with van der Waals surface area (Å²) in [5, 5.41) is 3.07. The molecule has 126 valence electrons. The lowest BCUT2D eigenvalue weighted by Crippen LogP contribution is -2.39. The maximum atomic E-state index is 12.3. The molecule has 0 aliphatic heterocycles. The molecule has 6 heteroatoms. The van der Waals surface area contributed by atoms with Gasteiger partial charge in [-0.1, -0.05) is 28.4 Å². The van der Waals surface area contributed by atoms with Crippen molar-refractivity contribution in [2.24, 2.45) is 11.7 Å². The second-order valence-corrected chi connectivity index (χ2v) is 6.87. The van der Waals surface area contributed by atoms with E-state index < -0.39 is 0 Å². The summed E-state index contributed by atoms with van der Waals surface area (Å²) in [6, 6.07) is 11.1. The van der Waals surface area contributed by atoms with Crippen LogP contribution in [0.25, 0.3) is 0 Å². The first-order valence-electron chi connectivity index (χ1n) is 8.06. The Bertz CT molecular complexity index is 706. The molecule has 2 aromatic rings. The van der Waals surface area contributed by atoms with Gasteiger partial charge in [0.1, 0.15) is 5.75 Å². The van der Waals surface area contributed by atoms with Crippen LogP contribution in [-0.2, 0) is 0 Å². The number of benzene rings is 1. The van der Waals surface area contributed by atoms with Crippen LogP contribution in [0, 0.1) is 5.92 Å². The standard InChI is InChI=1S/C18H20BrN3O2/c19-14-4-2-5-15(9-14)24-17-8-7-13(11-21-17)18(23)22-16-6-1-3-12(16)10-20/h2,4-5,7-9,11-12,16H,1,3,6,10,20H2,(H,22,23). The summed E-state index contributed by atoms with van der Waals surface area (Å²) in [6.07, 6.45) is 4.73. The fourth-order valence-corrected chi connectivity index (χ4v) is 3.37. The molecule has 1 aromatic carbocycles. The first-order chi connectivity index (χ1) is 11.7. The summed E-state index contributed by atoms with van der Waals surface area (Å²) in [4.78, 5) is 16.6. The zero-order valence-corrected chi connectivity index (χ0v) is 14.8. The Hall–Kier alpha value is -1.92. The van der Waals surface area contributed by atoms with Crippen LogP contribution in [-0.4, -0.2) is 23.5 Å². The minimum absolute atomic E-state index is 0.109. The van der Waals surface area contributed by atoms with Crippen molar-refractivity contribution >= 4 is 21.8 Å². The molecule has 0 spiro atoms. The average molecular weight is 390 g/mol. The van der Waals surface area contributed by atoms with Gasteiger partial charge in [-0.15, -0.1) is 0 Å². The van der Waals surface area contributed by atoms with Gasteiger partial charge in [-0.3, -0.25) is 4.79 Å². The molecule has 1 saturated carbocycles. The summed E-state index contributed by atoms with van der Waals surface area (Å²) < 4.78 is 6.60. The lowest BCUT2D eigenvalue weighted by atomic mass is 10.0. The molecule has 0 saturated heterocycles. The second kappa shape index (κ2) is 7.77. The van der Waals surface area contributed by atoms with Crippen molar-refractivity contribution in [3.05, 3.63) is 52.6 Å². The van der Waals surface area contributed by atoms with E-state index in [-0.39, 0.29) is 11.9 Å². The van der Waals surface area contributed by atoms with Gasteiger partial charge in [0, 0.05) is 22.8 Å². The third-order valence-electron chi connectivity index (χ3n) is 4.30. The number of rotatable bonds is 5. The summed E-state index contributed by atoms with van der Waals surface area (Å²) in [6.45, 7) is 0.614. The number of aromatic nitrogens is 1. The maximum absolute atomic E-state index is 12.3. The van der Waals surface area contributed by atoms with Crippen LogP contribution in [0.1, 0.15) is 29.6 Å². The zero-order valence-electron chi connectivity index (χ0n) is 13.2. The van der Waals surface area contributed by atoms with Crippen LogP contribution >= 0.6 is 15.9 Å². The molecule has 1 aliphatic carbocycles. The van der Waals surface area contributed by atoms with Crippen LogP contribution in [0.5, 0.6) is 11.6 Å². The number of hydrogen-bond donors (Lipinski definition) is 2. The van der Waals surface area contributed by atoms with Gasteiger partial charge in [0.15, 0.2) is 0 Å². The van der Waals surface area contributed by atoms with E-state index in [0.717, 1.165) is 23.7 Å². The number of pyridine rings is 1. The minimum atomic E-state index is -0.109. The third-order valence-corrected chi connectivity index (χ3v) is 4.79. The lowest BCUT2D eigenvalue weighted by molar-refractivity contribution is 0.0928. The molecule has 1 aromatic heterocycles. The lowest BCUT2D eigenvalue weighted by Gasteiger charge is -2.19. The first-order valence-corrected chi connectivity index (χ1v) is 8.85. The van der Waals surface area contributed by atoms with Crippen LogP contribution in [0.4, 0.5) is 0 Å². The highest BCUT2D eigenvalue weighted by molar-refractivity contribution is 9.10. The molecule has 1 aliphatic rings. The quantitative estimate of drug-likeness (QED) is 0.820. The summed E-state index contributed by atoms with van der Waals surface area (Å²) in [5.41, 5.74) is 6.29. The fraction of sp³-hybridized carbons (Fsp3) is 0.333. The Morgan fingerprint density at radius 3 is 2.92 bits per heavy atom. The number of nitrogens with zero attached hydrogens (tertiary/aromatic N) is 1. The summed E-state index contributed by atoms with van der Waals surface area (Å²) in [5.74, 6) is 1.40.